The highest BCUT2D eigenvalue weighted by Gasteiger charge is 2.45. The summed E-state index contributed by atoms with van der Waals surface area (Å²) in [6.45, 7) is -3.06. The SMILES string of the molecule is O=C(O)c1ccc(NC2=NC(OCC(F)(F)CF)N=C(NC3(c4ccc(Cl)cc4)CC3)N2)cc1. The van der Waals surface area contributed by atoms with Crippen molar-refractivity contribution in [1.82, 2.24) is 10.6 Å². The molecule has 0 spiro atoms. The van der Waals surface area contributed by atoms with Crippen LogP contribution in [0, 0.1) is 0 Å². The third-order valence-corrected chi connectivity index (χ3v) is 5.51. The highest BCUT2D eigenvalue weighted by molar-refractivity contribution is 6.30. The highest BCUT2D eigenvalue weighted by Crippen LogP contribution is 2.45. The number of rotatable bonds is 8. The van der Waals surface area contributed by atoms with Crippen molar-refractivity contribution in [3.8, 4) is 0 Å². The van der Waals surface area contributed by atoms with E-state index in [1.165, 1.54) is 24.3 Å². The van der Waals surface area contributed by atoms with Crippen molar-refractivity contribution in [3.63, 3.8) is 0 Å². The lowest BCUT2D eigenvalue weighted by molar-refractivity contribution is -0.107. The van der Waals surface area contributed by atoms with Crippen molar-refractivity contribution in [1.29, 1.82) is 0 Å². The Morgan fingerprint density at radius 3 is 2.38 bits per heavy atom. The van der Waals surface area contributed by atoms with Crippen molar-refractivity contribution in [2.45, 2.75) is 30.7 Å². The largest absolute Gasteiger partial charge is 0.478 e. The highest BCUT2D eigenvalue weighted by atomic mass is 35.5. The van der Waals surface area contributed by atoms with Crippen LogP contribution in [0.1, 0.15) is 28.8 Å². The van der Waals surface area contributed by atoms with Crippen molar-refractivity contribution in [2.75, 3.05) is 18.6 Å². The quantitative estimate of drug-likeness (QED) is 0.442. The first-order valence-corrected chi connectivity index (χ1v) is 10.7. The summed E-state index contributed by atoms with van der Waals surface area (Å²) in [5.41, 5.74) is 1.14. The molecule has 1 aliphatic heterocycles. The van der Waals surface area contributed by atoms with Crippen molar-refractivity contribution in [2.24, 2.45) is 9.98 Å². The monoisotopic (exact) mass is 495 g/mol. The first kappa shape index (κ1) is 23.8. The molecule has 12 heteroatoms. The van der Waals surface area contributed by atoms with Gasteiger partial charge in [-0.25, -0.2) is 18.0 Å². The van der Waals surface area contributed by atoms with E-state index < -0.39 is 37.1 Å². The molecule has 1 aliphatic carbocycles. The van der Waals surface area contributed by atoms with E-state index in [4.69, 9.17) is 21.4 Å². The number of nitrogens with zero attached hydrogens (tertiary/aromatic N) is 2. The van der Waals surface area contributed by atoms with Gasteiger partial charge in [-0.1, -0.05) is 23.7 Å². The summed E-state index contributed by atoms with van der Waals surface area (Å²) in [5.74, 6) is -4.38. The molecule has 2 aliphatic rings. The molecular formula is C22H21ClF3N5O3. The zero-order valence-electron chi connectivity index (χ0n) is 17.7. The lowest BCUT2D eigenvalue weighted by Crippen LogP contribution is -2.51. The summed E-state index contributed by atoms with van der Waals surface area (Å²) in [4.78, 5) is 19.4. The number of anilines is 1. The van der Waals surface area contributed by atoms with E-state index in [2.05, 4.69) is 25.9 Å². The Hall–Kier alpha value is -3.31. The Bertz CT molecular complexity index is 1110. The first-order chi connectivity index (χ1) is 16.2. The second-order valence-corrected chi connectivity index (χ2v) is 8.37. The van der Waals surface area contributed by atoms with Crippen LogP contribution in [0.3, 0.4) is 0 Å². The summed E-state index contributed by atoms with van der Waals surface area (Å²) >= 11 is 5.98. The Balaban J connectivity index is 1.52. The number of aliphatic imine (C=N–C) groups is 2. The Kier molecular flexibility index (Phi) is 6.67. The minimum absolute atomic E-state index is 0.0984. The van der Waals surface area contributed by atoms with Gasteiger partial charge in [0.25, 0.3) is 12.3 Å². The lowest BCUT2D eigenvalue weighted by Gasteiger charge is -2.27. The number of aromatic carboxylic acids is 1. The van der Waals surface area contributed by atoms with Crippen LogP contribution in [0.25, 0.3) is 0 Å². The van der Waals surface area contributed by atoms with E-state index in [1.54, 1.807) is 12.1 Å². The maximum atomic E-state index is 13.4. The van der Waals surface area contributed by atoms with Crippen LogP contribution >= 0.6 is 11.6 Å². The molecule has 4 rings (SSSR count). The number of nitrogens with one attached hydrogen (secondary N) is 3. The average molecular weight is 496 g/mol. The third-order valence-electron chi connectivity index (χ3n) is 5.25. The van der Waals surface area contributed by atoms with Crippen LogP contribution in [-0.2, 0) is 10.3 Å². The molecule has 8 nitrogen and oxygen atoms in total. The normalized spacial score (nSPS) is 18.9. The molecule has 1 saturated carbocycles. The molecule has 180 valence electrons. The van der Waals surface area contributed by atoms with E-state index in [9.17, 15) is 18.0 Å². The zero-order chi connectivity index (χ0) is 24.3. The Morgan fingerprint density at radius 2 is 1.79 bits per heavy atom. The number of alkyl halides is 3. The molecular weight excluding hydrogens is 475 g/mol. The molecule has 0 radical (unpaired) electrons. The second kappa shape index (κ2) is 9.51. The summed E-state index contributed by atoms with van der Waals surface area (Å²) in [6, 6.07) is 13.2. The molecule has 2 aromatic carbocycles. The summed E-state index contributed by atoms with van der Waals surface area (Å²) in [6.07, 6.45) is 0.247. The van der Waals surface area contributed by atoms with Crippen LogP contribution in [-0.4, -0.2) is 48.6 Å². The number of carbonyl (C=O) groups is 1. The van der Waals surface area contributed by atoms with Gasteiger partial charge >= 0.3 is 5.97 Å². The standard InChI is InChI=1S/C22H21ClF3N5O3/c23-15-5-3-14(4-6-15)21(9-10-21)31-19-28-18(27-16-7-1-13(2-8-16)17(32)33)29-20(30-19)34-12-22(25,26)11-24/h1-8,20H,9-12H2,(H,32,33)(H3,27,28,29,30,31). The average Bonchev–Trinajstić information content (AvgIpc) is 3.59. The van der Waals surface area contributed by atoms with E-state index in [1.807, 2.05) is 12.1 Å². The van der Waals surface area contributed by atoms with Gasteiger partial charge in [0.2, 0.25) is 11.9 Å². The Labute approximate surface area is 197 Å². The van der Waals surface area contributed by atoms with Gasteiger partial charge in [-0.2, -0.15) is 9.98 Å². The summed E-state index contributed by atoms with van der Waals surface area (Å²) in [7, 11) is 0. The van der Waals surface area contributed by atoms with Gasteiger partial charge in [-0.15, -0.1) is 0 Å². The molecule has 2 aromatic rings. The van der Waals surface area contributed by atoms with Gasteiger partial charge in [0.05, 0.1) is 11.1 Å². The predicted octanol–water partition coefficient (Wildman–Crippen LogP) is 3.95. The first-order valence-electron chi connectivity index (χ1n) is 10.3. The number of guanidine groups is 2. The minimum Gasteiger partial charge on any atom is -0.478 e. The molecule has 1 atom stereocenters. The molecule has 0 amide bonds. The number of benzene rings is 2. The minimum atomic E-state index is -3.66. The molecule has 34 heavy (non-hydrogen) atoms. The molecule has 1 fully saturated rings. The summed E-state index contributed by atoms with van der Waals surface area (Å²) < 4.78 is 44.3. The van der Waals surface area contributed by atoms with Gasteiger partial charge < -0.3 is 20.5 Å². The lowest BCUT2D eigenvalue weighted by atomic mass is 10.1. The molecule has 0 aromatic heterocycles. The van der Waals surface area contributed by atoms with Crippen LogP contribution < -0.4 is 16.0 Å². The summed E-state index contributed by atoms with van der Waals surface area (Å²) in [5, 5.41) is 18.8. The molecule has 0 saturated heterocycles. The number of halogens is 4. The van der Waals surface area contributed by atoms with Crippen LogP contribution in [0.5, 0.6) is 0 Å². The van der Waals surface area contributed by atoms with E-state index in [0.29, 0.717) is 10.7 Å². The van der Waals surface area contributed by atoms with E-state index in [-0.39, 0.29) is 17.5 Å². The molecule has 0 bridgehead atoms. The topological polar surface area (TPSA) is 107 Å². The van der Waals surface area contributed by atoms with Crippen molar-refractivity contribution in [3.05, 3.63) is 64.7 Å². The fraction of sp³-hybridized carbons (Fsp3) is 0.318. The Morgan fingerprint density at radius 1 is 1.15 bits per heavy atom. The van der Waals surface area contributed by atoms with Crippen LogP contribution in [0.4, 0.5) is 18.9 Å². The van der Waals surface area contributed by atoms with Crippen molar-refractivity contribution < 1.29 is 27.8 Å². The smallest absolute Gasteiger partial charge is 0.335 e. The number of ether oxygens (including phenoxy) is 1. The fourth-order valence-corrected chi connectivity index (χ4v) is 3.43. The van der Waals surface area contributed by atoms with Gasteiger partial charge in [-0.05, 0) is 54.8 Å². The molecule has 1 heterocycles. The predicted molar refractivity (Wildman–Crippen MR) is 121 cm³/mol. The third kappa shape index (κ3) is 5.78. The molecule has 4 N–H and O–H groups in total. The number of hydrogen-bond acceptors (Lipinski definition) is 7. The van der Waals surface area contributed by atoms with Gasteiger partial charge in [0.1, 0.15) is 6.61 Å². The molecule has 1 unspecified atom stereocenters. The van der Waals surface area contributed by atoms with Crippen LogP contribution in [0.2, 0.25) is 5.02 Å². The van der Waals surface area contributed by atoms with E-state index >= 15 is 0 Å². The van der Waals surface area contributed by atoms with Gasteiger partial charge in [-0.3, -0.25) is 5.32 Å². The van der Waals surface area contributed by atoms with Crippen LogP contribution in [0.15, 0.2) is 58.5 Å². The number of hydrogen-bond donors (Lipinski definition) is 4. The van der Waals surface area contributed by atoms with Crippen molar-refractivity contribution >= 4 is 35.2 Å². The number of carboxylic acids is 1. The van der Waals surface area contributed by atoms with Gasteiger partial charge in [0, 0.05) is 10.7 Å². The van der Waals surface area contributed by atoms with E-state index in [0.717, 1.165) is 18.4 Å². The number of carboxylic acid groups (broad SMARTS) is 1. The second-order valence-electron chi connectivity index (χ2n) is 7.93. The zero-order valence-corrected chi connectivity index (χ0v) is 18.5. The maximum absolute atomic E-state index is 13.4. The fourth-order valence-electron chi connectivity index (χ4n) is 3.30. The van der Waals surface area contributed by atoms with Gasteiger partial charge in [0.15, 0.2) is 6.67 Å². The maximum Gasteiger partial charge on any atom is 0.335 e.